The average Bonchev–Trinajstić information content (AvgIpc) is 3.53. The first-order chi connectivity index (χ1) is 16.0. The van der Waals surface area contributed by atoms with Crippen LogP contribution < -0.4 is 9.47 Å². The molecule has 1 fully saturated rings. The zero-order chi connectivity index (χ0) is 23.1. The van der Waals surface area contributed by atoms with E-state index < -0.39 is 17.7 Å². The fourth-order valence-electron chi connectivity index (χ4n) is 4.47. The number of ketones is 1. The van der Waals surface area contributed by atoms with Crippen molar-refractivity contribution >= 4 is 28.8 Å². The molecule has 168 valence electrons. The molecule has 0 spiro atoms. The van der Waals surface area contributed by atoms with E-state index in [4.69, 9.17) is 9.47 Å². The van der Waals surface area contributed by atoms with Crippen molar-refractivity contribution in [3.05, 3.63) is 87.1 Å². The summed E-state index contributed by atoms with van der Waals surface area (Å²) in [5, 5.41) is 13.2. The van der Waals surface area contributed by atoms with E-state index in [1.807, 2.05) is 42.6 Å². The number of likely N-dealkylation sites (tertiary alicyclic amines) is 1. The highest BCUT2D eigenvalue weighted by atomic mass is 32.1. The molecule has 0 radical (unpaired) electrons. The minimum Gasteiger partial charge on any atom is -0.507 e. The number of nitrogens with zero attached hydrogens (tertiary/aromatic N) is 1. The van der Waals surface area contributed by atoms with Crippen LogP contribution in [0.25, 0.3) is 5.76 Å². The SMILES string of the molecule is COc1ccc(C2/C(=C(/O)c3ccc4c(c3)CC(C)O4)C(=O)C(=O)N2Cc2cccs2)cc1. The molecular weight excluding hydrogens is 438 g/mol. The van der Waals surface area contributed by atoms with Crippen molar-refractivity contribution in [1.82, 2.24) is 4.90 Å². The Bertz CT molecular complexity index is 1250. The molecule has 2 unspecified atom stereocenters. The van der Waals surface area contributed by atoms with Crippen LogP contribution in [0, 0.1) is 0 Å². The van der Waals surface area contributed by atoms with Crippen molar-refractivity contribution in [2.75, 3.05) is 7.11 Å². The molecule has 3 aromatic rings. The van der Waals surface area contributed by atoms with Crippen molar-refractivity contribution in [2.45, 2.75) is 32.0 Å². The van der Waals surface area contributed by atoms with Gasteiger partial charge in [0.05, 0.1) is 25.3 Å². The number of ether oxygens (including phenoxy) is 2. The van der Waals surface area contributed by atoms with Gasteiger partial charge in [0, 0.05) is 16.9 Å². The number of carbonyl (C=O) groups is 2. The van der Waals surface area contributed by atoms with Crippen molar-refractivity contribution in [1.29, 1.82) is 0 Å². The second kappa shape index (κ2) is 8.41. The number of aliphatic hydroxyl groups excluding tert-OH is 1. The van der Waals surface area contributed by atoms with Crippen LogP contribution in [-0.4, -0.2) is 34.9 Å². The van der Waals surface area contributed by atoms with Crippen LogP contribution in [-0.2, 0) is 22.6 Å². The van der Waals surface area contributed by atoms with Crippen LogP contribution in [0.1, 0.15) is 34.5 Å². The molecule has 3 heterocycles. The summed E-state index contributed by atoms with van der Waals surface area (Å²) < 4.78 is 11.0. The molecule has 7 heteroatoms. The van der Waals surface area contributed by atoms with Gasteiger partial charge in [-0.2, -0.15) is 0 Å². The zero-order valence-corrected chi connectivity index (χ0v) is 19.1. The molecule has 1 aromatic heterocycles. The summed E-state index contributed by atoms with van der Waals surface area (Å²) in [7, 11) is 1.58. The van der Waals surface area contributed by atoms with Gasteiger partial charge in [-0.1, -0.05) is 18.2 Å². The van der Waals surface area contributed by atoms with Gasteiger partial charge in [-0.3, -0.25) is 9.59 Å². The standard InChI is InChI=1S/C26H23NO5S/c1-15-12-18-13-17(7-10-21(18)32-15)24(28)22-23(16-5-8-19(31-2)9-6-16)27(26(30)25(22)29)14-20-4-3-11-33-20/h3-11,13,15,23,28H,12,14H2,1-2H3/b24-22-. The molecule has 1 amide bonds. The molecular formula is C26H23NO5S. The first-order valence-electron chi connectivity index (χ1n) is 10.7. The molecule has 0 saturated carbocycles. The summed E-state index contributed by atoms with van der Waals surface area (Å²) in [6.07, 6.45) is 0.790. The normalized spacial score (nSPS) is 21.2. The lowest BCUT2D eigenvalue weighted by atomic mass is 9.94. The number of methoxy groups -OCH3 is 1. The summed E-state index contributed by atoms with van der Waals surface area (Å²) in [6.45, 7) is 2.27. The molecule has 0 aliphatic carbocycles. The number of amides is 1. The number of carbonyl (C=O) groups excluding carboxylic acids is 2. The van der Waals surface area contributed by atoms with E-state index in [0.717, 1.165) is 28.2 Å². The molecule has 33 heavy (non-hydrogen) atoms. The molecule has 2 aromatic carbocycles. The lowest BCUT2D eigenvalue weighted by Crippen LogP contribution is -2.28. The molecule has 1 N–H and O–H groups in total. The Kier molecular flexibility index (Phi) is 5.42. The van der Waals surface area contributed by atoms with Crippen LogP contribution in [0.2, 0.25) is 0 Å². The number of benzene rings is 2. The number of aliphatic hydroxyl groups is 1. The monoisotopic (exact) mass is 461 g/mol. The van der Waals surface area contributed by atoms with Gasteiger partial charge in [-0.15, -0.1) is 11.3 Å². The maximum absolute atomic E-state index is 13.2. The lowest BCUT2D eigenvalue weighted by molar-refractivity contribution is -0.140. The van der Waals surface area contributed by atoms with E-state index in [-0.39, 0.29) is 24.0 Å². The van der Waals surface area contributed by atoms with Crippen LogP contribution in [0.3, 0.4) is 0 Å². The quantitative estimate of drug-likeness (QED) is 0.339. The van der Waals surface area contributed by atoms with Gasteiger partial charge in [0.15, 0.2) is 0 Å². The third kappa shape index (κ3) is 3.78. The van der Waals surface area contributed by atoms with E-state index in [9.17, 15) is 14.7 Å². The summed E-state index contributed by atoms with van der Waals surface area (Å²) in [4.78, 5) is 28.8. The average molecular weight is 462 g/mol. The van der Waals surface area contributed by atoms with E-state index in [2.05, 4.69) is 0 Å². The molecule has 5 rings (SSSR count). The van der Waals surface area contributed by atoms with Crippen molar-refractivity contribution in [3.63, 3.8) is 0 Å². The minimum atomic E-state index is -0.707. The molecule has 2 aliphatic rings. The number of rotatable bonds is 5. The molecule has 6 nitrogen and oxygen atoms in total. The van der Waals surface area contributed by atoms with E-state index in [0.29, 0.717) is 11.3 Å². The Morgan fingerprint density at radius 3 is 2.67 bits per heavy atom. The Labute approximate surface area is 195 Å². The van der Waals surface area contributed by atoms with Gasteiger partial charge < -0.3 is 19.5 Å². The number of hydrogen-bond donors (Lipinski definition) is 1. The van der Waals surface area contributed by atoms with Gasteiger partial charge >= 0.3 is 0 Å². The maximum atomic E-state index is 13.2. The van der Waals surface area contributed by atoms with Crippen molar-refractivity contribution < 1.29 is 24.2 Å². The summed E-state index contributed by atoms with van der Waals surface area (Å²) in [5.41, 5.74) is 2.29. The Hall–Kier alpha value is -3.58. The first-order valence-corrected chi connectivity index (χ1v) is 11.6. The number of thiophene rings is 1. The maximum Gasteiger partial charge on any atom is 0.295 e. The van der Waals surface area contributed by atoms with Crippen molar-refractivity contribution in [3.8, 4) is 11.5 Å². The van der Waals surface area contributed by atoms with Crippen molar-refractivity contribution in [2.24, 2.45) is 0 Å². The topological polar surface area (TPSA) is 76.1 Å². The van der Waals surface area contributed by atoms with Crippen LogP contribution in [0.4, 0.5) is 0 Å². The lowest BCUT2D eigenvalue weighted by Gasteiger charge is -2.25. The Morgan fingerprint density at radius 2 is 1.97 bits per heavy atom. The second-order valence-electron chi connectivity index (χ2n) is 8.23. The predicted octanol–water partition coefficient (Wildman–Crippen LogP) is 4.70. The Balaban J connectivity index is 1.62. The third-order valence-corrected chi connectivity index (χ3v) is 6.91. The summed E-state index contributed by atoms with van der Waals surface area (Å²) >= 11 is 1.52. The number of hydrogen-bond acceptors (Lipinski definition) is 6. The fraction of sp³-hybridized carbons (Fsp3) is 0.231. The van der Waals surface area contributed by atoms with Crippen LogP contribution >= 0.6 is 11.3 Å². The van der Waals surface area contributed by atoms with E-state index >= 15 is 0 Å². The molecule has 2 aliphatic heterocycles. The largest absolute Gasteiger partial charge is 0.507 e. The van der Waals surface area contributed by atoms with Gasteiger partial charge in [-0.25, -0.2) is 0 Å². The highest BCUT2D eigenvalue weighted by Gasteiger charge is 2.46. The summed E-state index contributed by atoms with van der Waals surface area (Å²) in [5.74, 6) is -0.0327. The van der Waals surface area contributed by atoms with Crippen LogP contribution in [0.15, 0.2) is 65.6 Å². The fourth-order valence-corrected chi connectivity index (χ4v) is 5.17. The smallest absolute Gasteiger partial charge is 0.295 e. The third-order valence-electron chi connectivity index (χ3n) is 6.05. The summed E-state index contributed by atoms with van der Waals surface area (Å²) in [6, 6.07) is 15.7. The van der Waals surface area contributed by atoms with E-state index in [1.165, 1.54) is 16.2 Å². The molecule has 1 saturated heterocycles. The minimum absolute atomic E-state index is 0.0630. The highest BCUT2D eigenvalue weighted by molar-refractivity contribution is 7.09. The zero-order valence-electron chi connectivity index (χ0n) is 18.3. The first kappa shape index (κ1) is 21.3. The predicted molar refractivity (Wildman–Crippen MR) is 125 cm³/mol. The van der Waals surface area contributed by atoms with Gasteiger partial charge in [0.2, 0.25) is 0 Å². The second-order valence-corrected chi connectivity index (χ2v) is 9.27. The molecule has 0 bridgehead atoms. The van der Waals surface area contributed by atoms with Gasteiger partial charge in [0.25, 0.3) is 11.7 Å². The number of Topliss-reactive ketones (excluding diaryl/α,β-unsaturated/α-hetero) is 1. The van der Waals surface area contributed by atoms with Gasteiger partial charge in [-0.05, 0) is 59.8 Å². The highest BCUT2D eigenvalue weighted by Crippen LogP contribution is 2.42. The van der Waals surface area contributed by atoms with Crippen LogP contribution in [0.5, 0.6) is 11.5 Å². The Morgan fingerprint density at radius 1 is 1.18 bits per heavy atom. The van der Waals surface area contributed by atoms with Gasteiger partial charge in [0.1, 0.15) is 23.4 Å². The number of fused-ring (bicyclic) bond motifs is 1. The van der Waals surface area contributed by atoms with E-state index in [1.54, 1.807) is 31.4 Å². The molecule has 2 atom stereocenters.